The van der Waals surface area contributed by atoms with Crippen LogP contribution in [0.1, 0.15) is 29.4 Å². The topological polar surface area (TPSA) is 68.2 Å². The van der Waals surface area contributed by atoms with Gasteiger partial charge in [-0.3, -0.25) is 4.79 Å². The van der Waals surface area contributed by atoms with Gasteiger partial charge in [0.25, 0.3) is 21.4 Å². The Morgan fingerprint density at radius 1 is 1.53 bits per heavy atom. The number of carbonyl (C=O) groups excluding carboxylic acids is 1. The first-order valence-corrected chi connectivity index (χ1v) is 7.83. The van der Waals surface area contributed by atoms with Crippen molar-refractivity contribution in [3.63, 3.8) is 0 Å². The Labute approximate surface area is 113 Å². The third kappa shape index (κ3) is 3.44. The molecule has 0 aromatic carbocycles. The van der Waals surface area contributed by atoms with Crippen molar-refractivity contribution in [2.24, 2.45) is 0 Å². The zero-order valence-electron chi connectivity index (χ0n) is 9.64. The highest BCUT2D eigenvalue weighted by Crippen LogP contribution is 2.37. The fourth-order valence-corrected chi connectivity index (χ4v) is 2.43. The van der Waals surface area contributed by atoms with E-state index in [0.29, 0.717) is 0 Å². The zero-order valence-corrected chi connectivity index (χ0v) is 11.2. The van der Waals surface area contributed by atoms with E-state index >= 15 is 0 Å². The number of halogens is 3. The summed E-state index contributed by atoms with van der Waals surface area (Å²) < 4.78 is 48.0. The van der Waals surface area contributed by atoms with Crippen LogP contribution in [-0.4, -0.2) is 31.9 Å². The van der Waals surface area contributed by atoms with Crippen molar-refractivity contribution >= 4 is 25.6 Å². The molecule has 0 radical (unpaired) electrons. The Morgan fingerprint density at radius 2 is 2.16 bits per heavy atom. The minimum absolute atomic E-state index is 0.0273. The molecule has 1 fully saturated rings. The summed E-state index contributed by atoms with van der Waals surface area (Å²) in [5.41, 5.74) is 0.0300. The molecule has 9 heteroatoms. The molecular formula is C10H11ClF2N2O3S. The normalized spacial score (nSPS) is 15.8. The molecule has 5 nitrogen and oxygen atoms in total. The van der Waals surface area contributed by atoms with Crippen molar-refractivity contribution in [3.05, 3.63) is 18.0 Å². The lowest BCUT2D eigenvalue weighted by Crippen LogP contribution is -2.30. The van der Waals surface area contributed by atoms with E-state index in [1.54, 1.807) is 0 Å². The number of nitrogens with one attached hydrogen (secondary N) is 1. The maximum atomic E-state index is 12.0. The second kappa shape index (κ2) is 5.09. The average Bonchev–Trinajstić information content (AvgIpc) is 3.03. The lowest BCUT2D eigenvalue weighted by atomic mass is 10.4. The molecule has 1 heterocycles. The van der Waals surface area contributed by atoms with Crippen molar-refractivity contribution in [3.8, 4) is 0 Å². The fraction of sp³-hybridized carbons (Fsp3) is 0.500. The third-order valence-electron chi connectivity index (χ3n) is 2.69. The average molecular weight is 313 g/mol. The number of nitrogens with zero attached hydrogens (tertiary/aromatic N) is 1. The summed E-state index contributed by atoms with van der Waals surface area (Å²) in [6.45, 7) is -0.780. The summed E-state index contributed by atoms with van der Waals surface area (Å²) >= 11 is 0. The predicted molar refractivity (Wildman–Crippen MR) is 64.1 cm³/mol. The van der Waals surface area contributed by atoms with Crippen LogP contribution in [0.2, 0.25) is 0 Å². The van der Waals surface area contributed by atoms with Crippen LogP contribution in [0, 0.1) is 0 Å². The van der Waals surface area contributed by atoms with Gasteiger partial charge in [-0.15, -0.1) is 0 Å². The molecule has 1 aliphatic rings. The quantitative estimate of drug-likeness (QED) is 0.842. The van der Waals surface area contributed by atoms with Gasteiger partial charge in [0.15, 0.2) is 0 Å². The molecule has 0 spiro atoms. The molecule has 1 aliphatic carbocycles. The molecule has 0 saturated heterocycles. The predicted octanol–water partition coefficient (Wildman–Crippen LogP) is 1.75. The Kier molecular flexibility index (Phi) is 3.82. The number of amides is 1. The summed E-state index contributed by atoms with van der Waals surface area (Å²) in [7, 11) is 1.26. The van der Waals surface area contributed by atoms with Crippen LogP contribution >= 0.6 is 10.7 Å². The third-order valence-corrected chi connectivity index (χ3v) is 4.02. The minimum Gasteiger partial charge on any atom is -0.345 e. The van der Waals surface area contributed by atoms with E-state index in [-0.39, 0.29) is 16.6 Å². The number of hydrogen-bond acceptors (Lipinski definition) is 3. The first-order valence-electron chi connectivity index (χ1n) is 5.52. The van der Waals surface area contributed by atoms with Gasteiger partial charge in [-0.1, -0.05) is 0 Å². The van der Waals surface area contributed by atoms with Gasteiger partial charge in [0.1, 0.15) is 10.6 Å². The molecule has 1 N–H and O–H groups in total. The van der Waals surface area contributed by atoms with Gasteiger partial charge in [-0.05, 0) is 18.9 Å². The van der Waals surface area contributed by atoms with Crippen molar-refractivity contribution in [2.75, 3.05) is 6.54 Å². The van der Waals surface area contributed by atoms with Gasteiger partial charge in [0, 0.05) is 22.9 Å². The molecule has 1 aromatic rings. The molecule has 2 rings (SSSR count). The molecular weight excluding hydrogens is 302 g/mol. The van der Waals surface area contributed by atoms with Crippen LogP contribution in [0.3, 0.4) is 0 Å². The van der Waals surface area contributed by atoms with Crippen LogP contribution in [0.25, 0.3) is 0 Å². The highest BCUT2D eigenvalue weighted by atomic mass is 35.7. The molecule has 0 bridgehead atoms. The zero-order chi connectivity index (χ0) is 14.2. The number of alkyl halides is 2. The molecule has 1 aromatic heterocycles. The number of hydrogen-bond donors (Lipinski definition) is 1. The maximum Gasteiger partial charge on any atom is 0.268 e. The van der Waals surface area contributed by atoms with Crippen LogP contribution in [-0.2, 0) is 9.05 Å². The highest BCUT2D eigenvalue weighted by Gasteiger charge is 2.30. The van der Waals surface area contributed by atoms with Gasteiger partial charge in [-0.2, -0.15) is 0 Å². The van der Waals surface area contributed by atoms with Crippen LogP contribution < -0.4 is 5.32 Å². The molecule has 106 valence electrons. The number of aromatic nitrogens is 1. The van der Waals surface area contributed by atoms with Crippen molar-refractivity contribution in [2.45, 2.75) is 30.2 Å². The van der Waals surface area contributed by atoms with E-state index in [1.165, 1.54) is 10.8 Å². The lowest BCUT2D eigenvalue weighted by Gasteiger charge is -2.07. The molecule has 0 unspecified atom stereocenters. The lowest BCUT2D eigenvalue weighted by molar-refractivity contribution is 0.0882. The van der Waals surface area contributed by atoms with Crippen molar-refractivity contribution in [1.82, 2.24) is 9.88 Å². The number of rotatable bonds is 5. The van der Waals surface area contributed by atoms with Crippen LogP contribution in [0.5, 0.6) is 0 Å². The Hall–Kier alpha value is -1.15. The van der Waals surface area contributed by atoms with Gasteiger partial charge < -0.3 is 9.88 Å². The summed E-state index contributed by atoms with van der Waals surface area (Å²) in [4.78, 5) is 11.5. The largest absolute Gasteiger partial charge is 0.345 e. The van der Waals surface area contributed by atoms with E-state index in [2.05, 4.69) is 0 Å². The Bertz CT molecular complexity index is 596. The van der Waals surface area contributed by atoms with Gasteiger partial charge >= 0.3 is 0 Å². The summed E-state index contributed by atoms with van der Waals surface area (Å²) in [6, 6.07) is 1.13. The van der Waals surface area contributed by atoms with E-state index in [1.807, 2.05) is 5.32 Å². The molecule has 1 amide bonds. The highest BCUT2D eigenvalue weighted by molar-refractivity contribution is 8.13. The maximum absolute atomic E-state index is 12.0. The second-order valence-corrected chi connectivity index (χ2v) is 6.80. The van der Waals surface area contributed by atoms with E-state index in [0.717, 1.165) is 18.9 Å². The van der Waals surface area contributed by atoms with Crippen LogP contribution in [0.15, 0.2) is 17.2 Å². The Morgan fingerprint density at radius 3 is 2.63 bits per heavy atom. The first-order chi connectivity index (χ1) is 8.79. The van der Waals surface area contributed by atoms with Gasteiger partial charge in [0.2, 0.25) is 0 Å². The fourth-order valence-electron chi connectivity index (χ4n) is 1.68. The van der Waals surface area contributed by atoms with E-state index in [9.17, 15) is 22.0 Å². The smallest absolute Gasteiger partial charge is 0.268 e. The standard InChI is InChI=1S/C10H11ClF2N2O3S/c11-19(17,18)7-3-8(10(16)14-4-9(12)13)15(5-7)6-1-2-6/h3,5-6,9H,1-2,4H2,(H,14,16). The minimum atomic E-state index is -3.95. The molecule has 1 saturated carbocycles. The van der Waals surface area contributed by atoms with Crippen molar-refractivity contribution < 1.29 is 22.0 Å². The second-order valence-electron chi connectivity index (χ2n) is 4.24. The molecule has 0 aliphatic heterocycles. The van der Waals surface area contributed by atoms with Crippen molar-refractivity contribution in [1.29, 1.82) is 0 Å². The molecule has 19 heavy (non-hydrogen) atoms. The summed E-state index contributed by atoms with van der Waals surface area (Å²) in [5.74, 6) is -0.737. The Balaban J connectivity index is 2.28. The molecule has 0 atom stereocenters. The van der Waals surface area contributed by atoms with Gasteiger partial charge in [0.05, 0.1) is 6.54 Å². The van der Waals surface area contributed by atoms with Gasteiger partial charge in [-0.25, -0.2) is 17.2 Å². The van der Waals surface area contributed by atoms with Crippen LogP contribution in [0.4, 0.5) is 8.78 Å². The summed E-state index contributed by atoms with van der Waals surface area (Å²) in [5, 5.41) is 2.04. The SMILES string of the molecule is O=C(NCC(F)F)c1cc(S(=O)(=O)Cl)cn1C1CC1. The monoisotopic (exact) mass is 312 g/mol. The summed E-state index contributed by atoms with van der Waals surface area (Å²) in [6.07, 6.45) is 0.221. The van der Waals surface area contributed by atoms with E-state index < -0.39 is 27.9 Å². The first kappa shape index (κ1) is 14.3. The number of carbonyl (C=O) groups is 1. The van der Waals surface area contributed by atoms with E-state index in [4.69, 9.17) is 10.7 Å².